The number of pyridine rings is 1. The lowest BCUT2D eigenvalue weighted by atomic mass is 10.2. The van der Waals surface area contributed by atoms with Crippen molar-refractivity contribution in [3.05, 3.63) is 42.5 Å². The van der Waals surface area contributed by atoms with Crippen molar-refractivity contribution in [2.45, 2.75) is 0 Å². The van der Waals surface area contributed by atoms with Crippen LogP contribution < -0.4 is 0 Å². The van der Waals surface area contributed by atoms with Crippen LogP contribution in [0.1, 0.15) is 0 Å². The highest BCUT2D eigenvalue weighted by molar-refractivity contribution is 5.94. The van der Waals surface area contributed by atoms with Crippen LogP contribution in [-0.4, -0.2) is 9.61 Å². The highest BCUT2D eigenvalue weighted by Gasteiger charge is 2.06. The summed E-state index contributed by atoms with van der Waals surface area (Å²) in [6, 6.07) is 12.9. The summed E-state index contributed by atoms with van der Waals surface area (Å²) in [7, 11) is 0. The van der Waals surface area contributed by atoms with E-state index in [9.17, 15) is 5.11 Å². The molecule has 3 heteroatoms. The molecule has 0 atom stereocenters. The van der Waals surface area contributed by atoms with E-state index in [0.29, 0.717) is 0 Å². The highest BCUT2D eigenvalue weighted by Crippen LogP contribution is 2.22. The smallest absolute Gasteiger partial charge is 0.267 e. The number of hydrogen-bond acceptors (Lipinski definition) is 1. The van der Waals surface area contributed by atoms with E-state index in [1.165, 1.54) is 10.6 Å². The van der Waals surface area contributed by atoms with Crippen molar-refractivity contribution >= 4 is 16.4 Å². The zero-order valence-corrected chi connectivity index (χ0v) is 7.34. The van der Waals surface area contributed by atoms with Gasteiger partial charge in [0.15, 0.2) is 0 Å². The fourth-order valence-corrected chi connectivity index (χ4v) is 1.67. The van der Waals surface area contributed by atoms with Gasteiger partial charge in [-0.15, -0.1) is 0 Å². The molecule has 0 N–H and O–H groups in total. The van der Waals surface area contributed by atoms with E-state index < -0.39 is 0 Å². The lowest BCUT2D eigenvalue weighted by Gasteiger charge is -1.91. The predicted octanol–water partition coefficient (Wildman–Crippen LogP) is 2.63. The molecule has 1 radical (unpaired) electrons. The van der Waals surface area contributed by atoms with Gasteiger partial charge in [0.2, 0.25) is 0 Å². The molecule has 1 aromatic carbocycles. The van der Waals surface area contributed by atoms with E-state index in [0.717, 1.165) is 16.4 Å². The molecule has 3 rings (SSSR count). The molecule has 0 bridgehead atoms. The fourth-order valence-electron chi connectivity index (χ4n) is 1.67. The van der Waals surface area contributed by atoms with Crippen molar-refractivity contribution in [3.63, 3.8) is 0 Å². The Kier molecular flexibility index (Phi) is 1.31. The Hall–Kier alpha value is -2.03. The Morgan fingerprint density at radius 2 is 1.86 bits per heavy atom. The van der Waals surface area contributed by atoms with E-state index in [1.807, 2.05) is 30.3 Å². The number of aromatic nitrogens is 2. The quantitative estimate of drug-likeness (QED) is 0.527. The molecule has 0 saturated heterocycles. The maximum Gasteiger partial charge on any atom is 0.271 e. The van der Waals surface area contributed by atoms with E-state index in [-0.39, 0.29) is 5.88 Å². The van der Waals surface area contributed by atoms with Gasteiger partial charge in [0.05, 0.1) is 11.0 Å². The molecule has 14 heavy (non-hydrogen) atoms. The Bertz CT molecular complexity index is 613. The van der Waals surface area contributed by atoms with Gasteiger partial charge in [0.25, 0.3) is 5.88 Å². The summed E-state index contributed by atoms with van der Waals surface area (Å²) in [4.78, 5) is 0. The van der Waals surface area contributed by atoms with Gasteiger partial charge in [-0.1, -0.05) is 24.3 Å². The van der Waals surface area contributed by atoms with Gasteiger partial charge in [-0.3, -0.25) is 5.11 Å². The average Bonchev–Trinajstić information content (AvgIpc) is 2.59. The Morgan fingerprint density at radius 1 is 1.00 bits per heavy atom. The third-order valence-electron chi connectivity index (χ3n) is 2.32. The van der Waals surface area contributed by atoms with Crippen molar-refractivity contribution in [2.75, 3.05) is 0 Å². The summed E-state index contributed by atoms with van der Waals surface area (Å²) in [6.45, 7) is 0. The fraction of sp³-hybridized carbons (Fsp3) is 0. The number of nitrogens with zero attached hydrogens (tertiary/aromatic N) is 2. The van der Waals surface area contributed by atoms with Crippen LogP contribution in [0.2, 0.25) is 0 Å². The van der Waals surface area contributed by atoms with Gasteiger partial charge in [-0.25, -0.2) is 0 Å². The van der Waals surface area contributed by atoms with Crippen LogP contribution in [0, 0.1) is 0 Å². The molecular formula is C11H7N2O. The number of rotatable bonds is 0. The molecule has 0 spiro atoms. The van der Waals surface area contributed by atoms with Gasteiger partial charge in [0.1, 0.15) is 0 Å². The zero-order chi connectivity index (χ0) is 9.54. The summed E-state index contributed by atoms with van der Waals surface area (Å²) in [5.74, 6) is -0.0845. The van der Waals surface area contributed by atoms with Gasteiger partial charge in [-0.05, 0) is 12.1 Å². The minimum atomic E-state index is -0.0845. The number of benzene rings is 1. The van der Waals surface area contributed by atoms with Crippen LogP contribution >= 0.6 is 0 Å². The van der Waals surface area contributed by atoms with Crippen LogP contribution in [0.15, 0.2) is 42.5 Å². The van der Waals surface area contributed by atoms with Gasteiger partial charge in [-0.2, -0.15) is 9.61 Å². The van der Waals surface area contributed by atoms with E-state index in [1.54, 1.807) is 6.07 Å². The molecule has 0 aliphatic heterocycles. The van der Waals surface area contributed by atoms with Crippen molar-refractivity contribution in [3.8, 4) is 5.88 Å². The second-order valence-corrected chi connectivity index (χ2v) is 3.18. The molecule has 67 valence electrons. The highest BCUT2D eigenvalue weighted by atomic mass is 16.3. The first-order valence-corrected chi connectivity index (χ1v) is 4.40. The van der Waals surface area contributed by atoms with Crippen molar-refractivity contribution in [2.24, 2.45) is 0 Å². The zero-order valence-electron chi connectivity index (χ0n) is 7.34. The van der Waals surface area contributed by atoms with Gasteiger partial charge in [0, 0.05) is 11.5 Å². The van der Waals surface area contributed by atoms with E-state index >= 15 is 0 Å². The standard InChI is InChI=1S/C11H7N2O/c14-11-7-3-6-10-8-4-1-2-5-9(8)12-13(10)11/h1-7H. The molecule has 0 fully saturated rings. The first-order valence-electron chi connectivity index (χ1n) is 4.40. The van der Waals surface area contributed by atoms with Crippen LogP contribution in [-0.2, 0) is 5.11 Å². The average molecular weight is 183 g/mol. The topological polar surface area (TPSA) is 37.2 Å². The molecule has 0 unspecified atom stereocenters. The molecule has 2 aromatic heterocycles. The van der Waals surface area contributed by atoms with Crippen molar-refractivity contribution < 1.29 is 5.11 Å². The van der Waals surface area contributed by atoms with Crippen molar-refractivity contribution in [1.82, 2.24) is 9.61 Å². The number of fused-ring (bicyclic) bond motifs is 3. The first kappa shape index (κ1) is 7.38. The second-order valence-electron chi connectivity index (χ2n) is 3.18. The molecule has 3 nitrogen and oxygen atoms in total. The molecule has 0 saturated carbocycles. The number of hydrogen-bond donors (Lipinski definition) is 0. The van der Waals surface area contributed by atoms with Crippen LogP contribution in [0.3, 0.4) is 0 Å². The molecular weight excluding hydrogens is 176 g/mol. The Labute approximate surface area is 80.2 Å². The third-order valence-corrected chi connectivity index (χ3v) is 2.32. The Morgan fingerprint density at radius 3 is 2.79 bits per heavy atom. The van der Waals surface area contributed by atoms with Crippen LogP contribution in [0.25, 0.3) is 16.4 Å². The summed E-state index contributed by atoms with van der Waals surface area (Å²) < 4.78 is 1.44. The van der Waals surface area contributed by atoms with E-state index in [4.69, 9.17) is 0 Å². The Balaban J connectivity index is 2.63. The van der Waals surface area contributed by atoms with Crippen molar-refractivity contribution in [1.29, 1.82) is 0 Å². The van der Waals surface area contributed by atoms with Crippen LogP contribution in [0.5, 0.6) is 5.88 Å². The largest absolute Gasteiger partial charge is 0.271 e. The molecule has 0 amide bonds. The summed E-state index contributed by atoms with van der Waals surface area (Å²) in [6.07, 6.45) is 0. The summed E-state index contributed by atoms with van der Waals surface area (Å²) >= 11 is 0. The minimum Gasteiger partial charge on any atom is -0.267 e. The minimum absolute atomic E-state index is 0.0845. The second kappa shape index (κ2) is 2.48. The lowest BCUT2D eigenvalue weighted by Crippen LogP contribution is -1.84. The molecule has 0 aliphatic rings. The summed E-state index contributed by atoms with van der Waals surface area (Å²) in [5.41, 5.74) is 1.73. The molecule has 2 heterocycles. The van der Waals surface area contributed by atoms with Crippen LogP contribution in [0.4, 0.5) is 0 Å². The predicted molar refractivity (Wildman–Crippen MR) is 52.8 cm³/mol. The lowest BCUT2D eigenvalue weighted by molar-refractivity contribution is 0.326. The van der Waals surface area contributed by atoms with Gasteiger partial charge >= 0.3 is 0 Å². The van der Waals surface area contributed by atoms with Gasteiger partial charge < -0.3 is 0 Å². The first-order chi connectivity index (χ1) is 6.86. The third kappa shape index (κ3) is 0.836. The normalized spacial score (nSPS) is 11.1. The summed E-state index contributed by atoms with van der Waals surface area (Å²) in [5, 5.41) is 16.7. The van der Waals surface area contributed by atoms with E-state index in [2.05, 4.69) is 5.10 Å². The maximum absolute atomic E-state index is 11.4. The monoisotopic (exact) mass is 183 g/mol. The molecule has 3 aromatic rings. The molecule has 0 aliphatic carbocycles. The SMILES string of the molecule is [O]c1cccc2c3ccccc3nn12. The maximum atomic E-state index is 11.4.